The van der Waals surface area contributed by atoms with Crippen LogP contribution in [0.5, 0.6) is 0 Å². The Morgan fingerprint density at radius 1 is 1.55 bits per heavy atom. The Morgan fingerprint density at radius 3 is 3.10 bits per heavy atom. The number of fused-ring (bicyclic) bond motifs is 1. The van der Waals surface area contributed by atoms with Crippen molar-refractivity contribution in [2.75, 3.05) is 6.61 Å². The Labute approximate surface area is 128 Å². The van der Waals surface area contributed by atoms with Gasteiger partial charge in [0.25, 0.3) is 0 Å². The molecule has 1 aromatic carbocycles. The average Bonchev–Trinajstić information content (AvgIpc) is 2.81. The minimum Gasteiger partial charge on any atom is -0.396 e. The van der Waals surface area contributed by atoms with Crippen molar-refractivity contribution in [3.63, 3.8) is 0 Å². The van der Waals surface area contributed by atoms with Gasteiger partial charge in [0.05, 0.1) is 6.04 Å². The third-order valence-corrected chi connectivity index (χ3v) is 4.43. The number of hydrogen-bond acceptors (Lipinski definition) is 2. The van der Waals surface area contributed by atoms with Gasteiger partial charge in [-0.3, -0.25) is 0 Å². The fourth-order valence-electron chi connectivity index (χ4n) is 2.65. The van der Waals surface area contributed by atoms with Gasteiger partial charge in [0.2, 0.25) is 0 Å². The van der Waals surface area contributed by atoms with Crippen LogP contribution in [0.25, 0.3) is 0 Å². The Hall–Kier alpha value is -1.07. The van der Waals surface area contributed by atoms with Crippen LogP contribution in [-0.4, -0.2) is 23.8 Å². The number of aliphatic hydroxyl groups is 1. The minimum absolute atomic E-state index is 0.0746. The van der Waals surface area contributed by atoms with Crippen molar-refractivity contribution in [2.45, 2.75) is 44.7 Å². The van der Waals surface area contributed by atoms with Gasteiger partial charge >= 0.3 is 6.03 Å². The van der Waals surface area contributed by atoms with E-state index in [-0.39, 0.29) is 24.7 Å². The Balaban J connectivity index is 1.89. The Bertz CT molecular complexity index is 479. The van der Waals surface area contributed by atoms with Crippen LogP contribution >= 0.6 is 15.9 Å². The molecule has 0 aliphatic heterocycles. The number of rotatable bonds is 5. The van der Waals surface area contributed by atoms with Gasteiger partial charge in [-0.1, -0.05) is 28.1 Å². The summed E-state index contributed by atoms with van der Waals surface area (Å²) in [6, 6.07) is 6.15. The first kappa shape index (κ1) is 15.3. The van der Waals surface area contributed by atoms with E-state index in [1.165, 1.54) is 11.1 Å². The normalized spacial score (nSPS) is 18.4. The Kier molecular flexibility index (Phi) is 5.43. The molecule has 0 saturated heterocycles. The van der Waals surface area contributed by atoms with Crippen molar-refractivity contribution in [3.8, 4) is 0 Å². The standard InChI is InChI=1S/C15H21BrN2O2/c1-10(4-3-9-19)17-15(20)18-14-8-7-11-12(14)5-2-6-13(11)16/h2,5-6,10,14,19H,3-4,7-9H2,1H3,(H2,17,18,20). The summed E-state index contributed by atoms with van der Waals surface area (Å²) < 4.78 is 1.12. The highest BCUT2D eigenvalue weighted by Gasteiger charge is 2.25. The maximum atomic E-state index is 12.0. The van der Waals surface area contributed by atoms with E-state index in [4.69, 9.17) is 5.11 Å². The van der Waals surface area contributed by atoms with Crippen molar-refractivity contribution in [1.82, 2.24) is 10.6 Å². The van der Waals surface area contributed by atoms with Crippen molar-refractivity contribution in [1.29, 1.82) is 0 Å². The average molecular weight is 341 g/mol. The third kappa shape index (κ3) is 3.73. The molecule has 1 aromatic rings. The van der Waals surface area contributed by atoms with Crippen molar-refractivity contribution in [3.05, 3.63) is 33.8 Å². The van der Waals surface area contributed by atoms with Gasteiger partial charge in [-0.15, -0.1) is 0 Å². The smallest absolute Gasteiger partial charge is 0.315 e. The van der Waals surface area contributed by atoms with Gasteiger partial charge in [0, 0.05) is 17.1 Å². The summed E-state index contributed by atoms with van der Waals surface area (Å²) in [5, 5.41) is 14.7. The minimum atomic E-state index is -0.131. The number of amides is 2. The molecule has 4 nitrogen and oxygen atoms in total. The quantitative estimate of drug-likeness (QED) is 0.771. The molecule has 0 saturated carbocycles. The molecule has 20 heavy (non-hydrogen) atoms. The van der Waals surface area contributed by atoms with Crippen LogP contribution in [0.3, 0.4) is 0 Å². The number of hydrogen-bond donors (Lipinski definition) is 3. The summed E-state index contributed by atoms with van der Waals surface area (Å²) in [6.45, 7) is 2.12. The molecule has 0 aromatic heterocycles. The lowest BCUT2D eigenvalue weighted by Gasteiger charge is -2.18. The van der Waals surface area contributed by atoms with E-state index in [0.717, 1.165) is 23.7 Å². The molecule has 0 bridgehead atoms. The topological polar surface area (TPSA) is 61.4 Å². The zero-order chi connectivity index (χ0) is 14.5. The predicted octanol–water partition coefficient (Wildman–Crippen LogP) is 2.90. The third-order valence-electron chi connectivity index (χ3n) is 3.69. The summed E-state index contributed by atoms with van der Waals surface area (Å²) in [5.74, 6) is 0. The number of nitrogens with one attached hydrogen (secondary N) is 2. The second-order valence-electron chi connectivity index (χ2n) is 5.28. The molecule has 0 heterocycles. The van der Waals surface area contributed by atoms with Gasteiger partial charge < -0.3 is 15.7 Å². The molecule has 0 radical (unpaired) electrons. The van der Waals surface area contributed by atoms with Crippen LogP contribution in [0.2, 0.25) is 0 Å². The lowest BCUT2D eigenvalue weighted by atomic mass is 10.1. The van der Waals surface area contributed by atoms with Crippen molar-refractivity contribution < 1.29 is 9.90 Å². The molecule has 3 N–H and O–H groups in total. The van der Waals surface area contributed by atoms with Gasteiger partial charge in [0.15, 0.2) is 0 Å². The summed E-state index contributed by atoms with van der Waals surface area (Å²) in [6.07, 6.45) is 3.43. The highest BCUT2D eigenvalue weighted by Crippen LogP contribution is 2.35. The summed E-state index contributed by atoms with van der Waals surface area (Å²) in [4.78, 5) is 12.0. The molecular weight excluding hydrogens is 320 g/mol. The Morgan fingerprint density at radius 2 is 2.35 bits per heavy atom. The number of aliphatic hydroxyl groups excluding tert-OH is 1. The molecule has 2 amide bonds. The van der Waals surface area contributed by atoms with Crippen LogP contribution in [-0.2, 0) is 6.42 Å². The maximum absolute atomic E-state index is 12.0. The van der Waals surface area contributed by atoms with E-state index in [1.54, 1.807) is 0 Å². The number of benzene rings is 1. The fourth-order valence-corrected chi connectivity index (χ4v) is 3.23. The first-order chi connectivity index (χ1) is 9.61. The molecule has 2 rings (SSSR count). The highest BCUT2D eigenvalue weighted by molar-refractivity contribution is 9.10. The van der Waals surface area contributed by atoms with E-state index in [9.17, 15) is 4.79 Å². The SMILES string of the molecule is CC(CCCO)NC(=O)NC1CCc2c(Br)cccc21. The first-order valence-corrected chi connectivity index (χ1v) is 7.86. The van der Waals surface area contributed by atoms with E-state index in [2.05, 4.69) is 32.6 Å². The molecule has 2 atom stereocenters. The second kappa shape index (κ2) is 7.09. The molecular formula is C15H21BrN2O2. The van der Waals surface area contributed by atoms with Gasteiger partial charge in [-0.05, 0) is 49.8 Å². The number of carbonyl (C=O) groups excluding carboxylic acids is 1. The van der Waals surface area contributed by atoms with Crippen molar-refractivity contribution >= 4 is 22.0 Å². The number of carbonyl (C=O) groups is 1. The maximum Gasteiger partial charge on any atom is 0.315 e. The fraction of sp³-hybridized carbons (Fsp3) is 0.533. The van der Waals surface area contributed by atoms with E-state index in [1.807, 2.05) is 19.1 Å². The lowest BCUT2D eigenvalue weighted by Crippen LogP contribution is -2.42. The summed E-state index contributed by atoms with van der Waals surface area (Å²) in [5.41, 5.74) is 2.50. The largest absolute Gasteiger partial charge is 0.396 e. The molecule has 2 unspecified atom stereocenters. The molecule has 110 valence electrons. The van der Waals surface area contributed by atoms with Gasteiger partial charge in [-0.2, -0.15) is 0 Å². The van der Waals surface area contributed by atoms with Crippen LogP contribution in [0.4, 0.5) is 4.79 Å². The van der Waals surface area contributed by atoms with E-state index in [0.29, 0.717) is 6.42 Å². The molecule has 0 fully saturated rings. The van der Waals surface area contributed by atoms with E-state index >= 15 is 0 Å². The van der Waals surface area contributed by atoms with Crippen LogP contribution in [0.1, 0.15) is 43.4 Å². The first-order valence-electron chi connectivity index (χ1n) is 7.07. The van der Waals surface area contributed by atoms with Crippen molar-refractivity contribution in [2.24, 2.45) is 0 Å². The van der Waals surface area contributed by atoms with Crippen LogP contribution < -0.4 is 10.6 Å². The molecule has 5 heteroatoms. The molecule has 1 aliphatic carbocycles. The predicted molar refractivity (Wildman–Crippen MR) is 82.7 cm³/mol. The zero-order valence-electron chi connectivity index (χ0n) is 11.7. The van der Waals surface area contributed by atoms with Crippen LogP contribution in [0.15, 0.2) is 22.7 Å². The second-order valence-corrected chi connectivity index (χ2v) is 6.14. The monoisotopic (exact) mass is 340 g/mol. The highest BCUT2D eigenvalue weighted by atomic mass is 79.9. The molecule has 0 spiro atoms. The van der Waals surface area contributed by atoms with E-state index < -0.39 is 0 Å². The zero-order valence-corrected chi connectivity index (χ0v) is 13.2. The lowest BCUT2D eigenvalue weighted by molar-refractivity contribution is 0.230. The summed E-state index contributed by atoms with van der Waals surface area (Å²) in [7, 11) is 0. The number of urea groups is 1. The summed E-state index contributed by atoms with van der Waals surface area (Å²) >= 11 is 3.56. The van der Waals surface area contributed by atoms with Gasteiger partial charge in [-0.25, -0.2) is 4.79 Å². The van der Waals surface area contributed by atoms with Crippen LogP contribution in [0, 0.1) is 0 Å². The molecule has 1 aliphatic rings. The number of halogens is 1. The van der Waals surface area contributed by atoms with Gasteiger partial charge in [0.1, 0.15) is 0 Å².